The molecule has 4 amide bonds. The average molecular weight is 459 g/mol. The number of hydrogen-bond donors (Lipinski definition) is 2. The van der Waals surface area contributed by atoms with Crippen LogP contribution < -0.4 is 15.4 Å². The lowest BCUT2D eigenvalue weighted by atomic mass is 9.77. The Kier molecular flexibility index (Phi) is 7.49. The Bertz CT molecular complexity index is 862. The van der Waals surface area contributed by atoms with Crippen LogP contribution in [0.3, 0.4) is 0 Å². The predicted molar refractivity (Wildman–Crippen MR) is 122 cm³/mol. The van der Waals surface area contributed by atoms with Crippen molar-refractivity contribution in [3.63, 3.8) is 0 Å². The quantitative estimate of drug-likeness (QED) is 0.573. The Morgan fingerprint density at radius 2 is 2.00 bits per heavy atom. The second-order valence-corrected chi connectivity index (χ2v) is 9.31. The van der Waals surface area contributed by atoms with Gasteiger partial charge >= 0.3 is 6.03 Å². The van der Waals surface area contributed by atoms with Crippen molar-refractivity contribution < 1.29 is 23.9 Å². The topological polar surface area (TPSA) is 100 Å². The zero-order valence-electron chi connectivity index (χ0n) is 19.3. The molecule has 2 N–H and O–H groups in total. The third kappa shape index (κ3) is 5.83. The van der Waals surface area contributed by atoms with E-state index in [-0.39, 0.29) is 18.4 Å². The molecule has 2 aliphatic heterocycles. The van der Waals surface area contributed by atoms with Crippen LogP contribution in [0, 0.1) is 5.92 Å². The van der Waals surface area contributed by atoms with E-state index in [4.69, 9.17) is 9.47 Å². The highest BCUT2D eigenvalue weighted by Crippen LogP contribution is 2.36. The average Bonchev–Trinajstić information content (AvgIpc) is 3.05. The summed E-state index contributed by atoms with van der Waals surface area (Å²) >= 11 is 0. The highest BCUT2D eigenvalue weighted by atomic mass is 16.5. The second kappa shape index (κ2) is 10.5. The Morgan fingerprint density at radius 1 is 1.24 bits per heavy atom. The van der Waals surface area contributed by atoms with Gasteiger partial charge < -0.3 is 20.1 Å². The summed E-state index contributed by atoms with van der Waals surface area (Å²) in [6.45, 7) is 6.99. The monoisotopic (exact) mass is 458 g/mol. The van der Waals surface area contributed by atoms with Gasteiger partial charge in [-0.05, 0) is 49.3 Å². The zero-order chi connectivity index (χ0) is 23.3. The number of carbonyl (C=O) groups excluding carboxylic acids is 3. The Morgan fingerprint density at radius 3 is 2.76 bits per heavy atom. The van der Waals surface area contributed by atoms with E-state index in [1.807, 2.05) is 24.3 Å². The van der Waals surface area contributed by atoms with Gasteiger partial charge in [0.2, 0.25) is 5.91 Å². The molecule has 2 saturated heterocycles. The van der Waals surface area contributed by atoms with Crippen LogP contribution in [0.4, 0.5) is 4.79 Å². The molecule has 33 heavy (non-hydrogen) atoms. The summed E-state index contributed by atoms with van der Waals surface area (Å²) in [5.41, 5.74) is 0.0682. The van der Waals surface area contributed by atoms with Crippen LogP contribution in [0.1, 0.15) is 38.2 Å². The van der Waals surface area contributed by atoms with Crippen LogP contribution in [0.25, 0.3) is 0 Å². The maximum absolute atomic E-state index is 12.9. The molecular formula is C24H34N4O5. The predicted octanol–water partition coefficient (Wildman–Crippen LogP) is 1.51. The molecule has 1 spiro atoms. The lowest BCUT2D eigenvalue weighted by Crippen LogP contribution is -2.49. The molecule has 180 valence electrons. The number of rotatable bonds is 8. The number of nitrogens with one attached hydrogen (secondary N) is 2. The second-order valence-electron chi connectivity index (χ2n) is 9.31. The number of amides is 4. The van der Waals surface area contributed by atoms with Gasteiger partial charge in [-0.1, -0.05) is 19.1 Å². The summed E-state index contributed by atoms with van der Waals surface area (Å²) in [6.07, 6.45) is 3.07. The van der Waals surface area contributed by atoms with Gasteiger partial charge in [0, 0.05) is 26.2 Å². The summed E-state index contributed by atoms with van der Waals surface area (Å²) in [5, 5.41) is 5.66. The van der Waals surface area contributed by atoms with Crippen molar-refractivity contribution in [2.45, 2.75) is 44.7 Å². The maximum atomic E-state index is 12.9. The number of benzene rings is 1. The minimum Gasteiger partial charge on any atom is -0.492 e. The van der Waals surface area contributed by atoms with Crippen molar-refractivity contribution >= 4 is 17.8 Å². The van der Waals surface area contributed by atoms with Gasteiger partial charge in [-0.3, -0.25) is 19.4 Å². The molecule has 1 aromatic carbocycles. The summed E-state index contributed by atoms with van der Waals surface area (Å²) in [4.78, 5) is 41.1. The molecule has 1 aliphatic carbocycles. The first kappa shape index (κ1) is 23.5. The van der Waals surface area contributed by atoms with E-state index in [0.717, 1.165) is 61.9 Å². The normalized spacial score (nSPS) is 25.8. The molecule has 0 aromatic heterocycles. The van der Waals surface area contributed by atoms with Crippen molar-refractivity contribution in [2.24, 2.45) is 5.92 Å². The molecule has 9 heteroatoms. The van der Waals surface area contributed by atoms with Gasteiger partial charge in [-0.15, -0.1) is 0 Å². The largest absolute Gasteiger partial charge is 0.492 e. The van der Waals surface area contributed by atoms with E-state index in [1.54, 1.807) is 0 Å². The van der Waals surface area contributed by atoms with Crippen molar-refractivity contribution in [1.82, 2.24) is 20.4 Å². The fraction of sp³-hybridized carbons (Fsp3) is 0.625. The molecule has 0 atom stereocenters. The summed E-state index contributed by atoms with van der Waals surface area (Å²) < 4.78 is 11.2. The first-order valence-corrected chi connectivity index (χ1v) is 11.9. The molecule has 0 unspecified atom stereocenters. The summed E-state index contributed by atoms with van der Waals surface area (Å²) in [7, 11) is 0. The van der Waals surface area contributed by atoms with Crippen molar-refractivity contribution in [2.75, 3.05) is 46.0 Å². The van der Waals surface area contributed by atoms with Crippen LogP contribution in [0.5, 0.6) is 5.75 Å². The number of ether oxygens (including phenoxy) is 2. The lowest BCUT2D eigenvalue weighted by Gasteiger charge is -2.33. The minimum absolute atomic E-state index is 0.266. The van der Waals surface area contributed by atoms with Crippen molar-refractivity contribution in [1.29, 1.82) is 0 Å². The molecule has 9 nitrogen and oxygen atoms in total. The van der Waals surface area contributed by atoms with E-state index in [2.05, 4.69) is 22.5 Å². The van der Waals surface area contributed by atoms with Gasteiger partial charge in [0.25, 0.3) is 5.91 Å². The fourth-order valence-electron chi connectivity index (χ4n) is 4.68. The fourth-order valence-corrected chi connectivity index (χ4v) is 4.68. The van der Waals surface area contributed by atoms with E-state index < -0.39 is 11.6 Å². The molecule has 0 radical (unpaired) electrons. The van der Waals surface area contributed by atoms with Gasteiger partial charge in [0.15, 0.2) is 0 Å². The van der Waals surface area contributed by atoms with E-state index in [1.165, 1.54) is 0 Å². The van der Waals surface area contributed by atoms with Crippen LogP contribution in [0.15, 0.2) is 24.3 Å². The highest BCUT2D eigenvalue weighted by molar-refractivity contribution is 6.09. The highest BCUT2D eigenvalue weighted by Gasteiger charge is 2.52. The smallest absolute Gasteiger partial charge is 0.325 e. The molecule has 2 heterocycles. The number of hydrogen-bond acceptors (Lipinski definition) is 6. The van der Waals surface area contributed by atoms with Gasteiger partial charge in [-0.2, -0.15) is 0 Å². The first-order chi connectivity index (χ1) is 15.9. The zero-order valence-corrected chi connectivity index (χ0v) is 19.3. The van der Waals surface area contributed by atoms with Crippen LogP contribution in [0.2, 0.25) is 0 Å². The molecule has 1 saturated carbocycles. The lowest BCUT2D eigenvalue weighted by molar-refractivity contribution is -0.136. The SMILES string of the molecule is CC1CCC2(CC1)NC(=O)N(CC(=O)NCc1cccc(OCCN3CCOCC3)c1)C2=O. The van der Waals surface area contributed by atoms with E-state index in [9.17, 15) is 14.4 Å². The Balaban J connectivity index is 1.23. The minimum atomic E-state index is -0.823. The third-order valence-electron chi connectivity index (χ3n) is 6.84. The molecular weight excluding hydrogens is 424 g/mol. The van der Waals surface area contributed by atoms with E-state index in [0.29, 0.717) is 31.9 Å². The van der Waals surface area contributed by atoms with Crippen molar-refractivity contribution in [3.05, 3.63) is 29.8 Å². The number of urea groups is 1. The molecule has 0 bridgehead atoms. The van der Waals surface area contributed by atoms with Gasteiger partial charge in [0.1, 0.15) is 24.4 Å². The van der Waals surface area contributed by atoms with Crippen LogP contribution in [-0.4, -0.2) is 79.2 Å². The Hall–Kier alpha value is -2.65. The van der Waals surface area contributed by atoms with E-state index >= 15 is 0 Å². The Labute approximate surface area is 194 Å². The molecule has 1 aromatic rings. The summed E-state index contributed by atoms with van der Waals surface area (Å²) in [6, 6.07) is 7.10. The molecule has 3 fully saturated rings. The van der Waals surface area contributed by atoms with Crippen LogP contribution >= 0.6 is 0 Å². The van der Waals surface area contributed by atoms with Gasteiger partial charge in [-0.25, -0.2) is 4.79 Å². The standard InChI is InChI=1S/C24H34N4O5/c1-18-5-7-24(8-6-18)22(30)28(23(31)26-24)17-21(29)25-16-19-3-2-4-20(15-19)33-14-11-27-9-12-32-13-10-27/h2-4,15,18H,5-14,16-17H2,1H3,(H,25,29)(H,26,31). The van der Waals surface area contributed by atoms with Crippen molar-refractivity contribution in [3.8, 4) is 5.75 Å². The number of nitrogens with zero attached hydrogens (tertiary/aromatic N) is 2. The maximum Gasteiger partial charge on any atom is 0.325 e. The summed E-state index contributed by atoms with van der Waals surface area (Å²) in [5.74, 6) is 0.665. The van der Waals surface area contributed by atoms with Gasteiger partial charge in [0.05, 0.1) is 13.2 Å². The first-order valence-electron chi connectivity index (χ1n) is 11.9. The van der Waals surface area contributed by atoms with Crippen LogP contribution in [-0.2, 0) is 20.9 Å². The number of imide groups is 1. The molecule has 3 aliphatic rings. The third-order valence-corrected chi connectivity index (χ3v) is 6.84. The molecule has 4 rings (SSSR count). The number of morpholine rings is 1. The number of carbonyl (C=O) groups is 3.